The van der Waals surface area contributed by atoms with E-state index in [9.17, 15) is 19.5 Å². The van der Waals surface area contributed by atoms with Gasteiger partial charge in [0, 0.05) is 25.6 Å². The normalized spacial score (nSPS) is 30.7. The van der Waals surface area contributed by atoms with E-state index in [4.69, 9.17) is 0 Å². The number of hydrogen-bond acceptors (Lipinski definition) is 3. The van der Waals surface area contributed by atoms with Gasteiger partial charge < -0.3 is 15.3 Å². The zero-order valence-corrected chi connectivity index (χ0v) is 14.2. The Labute approximate surface area is 143 Å². The van der Waals surface area contributed by atoms with Gasteiger partial charge in [0.05, 0.1) is 11.8 Å². The second-order valence-electron chi connectivity index (χ2n) is 7.71. The maximum Gasteiger partial charge on any atom is 0.306 e. The van der Waals surface area contributed by atoms with Crippen LogP contribution >= 0.6 is 0 Å². The number of carboxylic acids is 1. The van der Waals surface area contributed by atoms with Crippen LogP contribution in [0.1, 0.15) is 51.4 Å². The summed E-state index contributed by atoms with van der Waals surface area (Å²) < 4.78 is 0. The highest BCUT2D eigenvalue weighted by atomic mass is 16.4. The van der Waals surface area contributed by atoms with E-state index in [2.05, 4.69) is 5.32 Å². The van der Waals surface area contributed by atoms with E-state index in [0.717, 1.165) is 32.2 Å². The van der Waals surface area contributed by atoms with Gasteiger partial charge in [-0.2, -0.15) is 0 Å². The minimum Gasteiger partial charge on any atom is -0.481 e. The Kier molecular flexibility index (Phi) is 5.41. The van der Waals surface area contributed by atoms with Gasteiger partial charge in [-0.3, -0.25) is 14.4 Å². The van der Waals surface area contributed by atoms with Crippen LogP contribution in [0.5, 0.6) is 0 Å². The van der Waals surface area contributed by atoms with Crippen LogP contribution in [-0.4, -0.2) is 47.4 Å². The van der Waals surface area contributed by atoms with Crippen molar-refractivity contribution in [3.63, 3.8) is 0 Å². The van der Waals surface area contributed by atoms with Crippen molar-refractivity contribution in [1.82, 2.24) is 10.2 Å². The minimum atomic E-state index is -0.788. The lowest BCUT2D eigenvalue weighted by Crippen LogP contribution is -2.48. The number of piperidine rings is 1. The fraction of sp³-hybridized carbons (Fsp3) is 0.833. The summed E-state index contributed by atoms with van der Waals surface area (Å²) in [5.41, 5.74) is 0. The molecule has 2 N–H and O–H groups in total. The molecule has 1 heterocycles. The zero-order valence-electron chi connectivity index (χ0n) is 14.2. The molecule has 1 saturated heterocycles. The van der Waals surface area contributed by atoms with E-state index in [1.807, 2.05) is 0 Å². The Hall–Kier alpha value is -1.59. The minimum absolute atomic E-state index is 0.0562. The maximum atomic E-state index is 12.8. The number of carboxylic acid groups (broad SMARTS) is 1. The largest absolute Gasteiger partial charge is 0.481 e. The van der Waals surface area contributed by atoms with Gasteiger partial charge in [0.15, 0.2) is 0 Å². The second-order valence-corrected chi connectivity index (χ2v) is 7.71. The van der Waals surface area contributed by atoms with Gasteiger partial charge in [0.25, 0.3) is 0 Å². The number of likely N-dealkylation sites (tertiary alicyclic amines) is 1. The van der Waals surface area contributed by atoms with Crippen molar-refractivity contribution in [3.8, 4) is 0 Å². The Balaban J connectivity index is 1.52. The summed E-state index contributed by atoms with van der Waals surface area (Å²) in [6, 6.07) is 0. The Morgan fingerprint density at radius 1 is 0.958 bits per heavy atom. The van der Waals surface area contributed by atoms with Crippen molar-refractivity contribution in [2.45, 2.75) is 51.4 Å². The number of nitrogens with zero attached hydrogens (tertiary/aromatic N) is 1. The van der Waals surface area contributed by atoms with Gasteiger partial charge >= 0.3 is 5.97 Å². The summed E-state index contributed by atoms with van der Waals surface area (Å²) in [4.78, 5) is 38.1. The highest BCUT2D eigenvalue weighted by Gasteiger charge is 2.36. The van der Waals surface area contributed by atoms with E-state index >= 15 is 0 Å². The number of hydrogen-bond donors (Lipinski definition) is 2. The smallest absolute Gasteiger partial charge is 0.306 e. The molecule has 0 aromatic carbocycles. The number of carbonyl (C=O) groups excluding carboxylic acids is 2. The summed E-state index contributed by atoms with van der Waals surface area (Å²) >= 11 is 0. The molecule has 0 aromatic rings. The third kappa shape index (κ3) is 4.28. The lowest BCUT2D eigenvalue weighted by molar-refractivity contribution is -0.146. The van der Waals surface area contributed by atoms with E-state index in [1.54, 1.807) is 4.90 Å². The van der Waals surface area contributed by atoms with Crippen LogP contribution in [0.3, 0.4) is 0 Å². The molecule has 0 radical (unpaired) electrons. The third-order valence-electron chi connectivity index (χ3n) is 5.74. The highest BCUT2D eigenvalue weighted by molar-refractivity contribution is 5.83. The van der Waals surface area contributed by atoms with Gasteiger partial charge in [0.1, 0.15) is 0 Å². The first kappa shape index (κ1) is 17.2. The van der Waals surface area contributed by atoms with Crippen LogP contribution in [0.25, 0.3) is 0 Å². The van der Waals surface area contributed by atoms with Crippen molar-refractivity contribution < 1.29 is 19.5 Å². The maximum absolute atomic E-state index is 12.8. The van der Waals surface area contributed by atoms with Crippen molar-refractivity contribution >= 4 is 17.8 Å². The molecule has 3 rings (SSSR count). The third-order valence-corrected chi connectivity index (χ3v) is 5.74. The van der Waals surface area contributed by atoms with E-state index in [0.29, 0.717) is 31.8 Å². The van der Waals surface area contributed by atoms with E-state index in [-0.39, 0.29) is 23.7 Å². The first-order chi connectivity index (χ1) is 11.5. The molecule has 3 fully saturated rings. The Morgan fingerprint density at radius 3 is 2.38 bits per heavy atom. The highest BCUT2D eigenvalue weighted by Crippen LogP contribution is 2.32. The van der Waals surface area contributed by atoms with Crippen molar-refractivity contribution in [2.75, 3.05) is 19.6 Å². The topological polar surface area (TPSA) is 86.7 Å². The molecule has 1 aliphatic heterocycles. The molecule has 6 heteroatoms. The molecule has 2 aliphatic carbocycles. The van der Waals surface area contributed by atoms with Crippen LogP contribution in [0.4, 0.5) is 0 Å². The predicted octanol–water partition coefficient (Wildman–Crippen LogP) is 1.64. The molecule has 24 heavy (non-hydrogen) atoms. The molecule has 0 spiro atoms. The summed E-state index contributed by atoms with van der Waals surface area (Å²) in [5, 5.41) is 12.2. The zero-order chi connectivity index (χ0) is 17.1. The predicted molar refractivity (Wildman–Crippen MR) is 88.1 cm³/mol. The number of amides is 2. The Morgan fingerprint density at radius 2 is 1.67 bits per heavy atom. The quantitative estimate of drug-likeness (QED) is 0.799. The van der Waals surface area contributed by atoms with Crippen LogP contribution in [0, 0.1) is 23.7 Å². The monoisotopic (exact) mass is 336 g/mol. The fourth-order valence-corrected chi connectivity index (χ4v) is 4.00. The molecule has 3 atom stereocenters. The molecule has 6 nitrogen and oxygen atoms in total. The van der Waals surface area contributed by atoms with Crippen molar-refractivity contribution in [3.05, 3.63) is 0 Å². The summed E-state index contributed by atoms with van der Waals surface area (Å²) in [5.74, 6) is -0.690. The molecule has 2 saturated carbocycles. The molecule has 0 aromatic heterocycles. The molecule has 0 bridgehead atoms. The van der Waals surface area contributed by atoms with Gasteiger partial charge in [-0.25, -0.2) is 0 Å². The lowest BCUT2D eigenvalue weighted by Gasteiger charge is -2.36. The molecule has 3 unspecified atom stereocenters. The molecule has 134 valence electrons. The van der Waals surface area contributed by atoms with Crippen LogP contribution in [0.2, 0.25) is 0 Å². The van der Waals surface area contributed by atoms with Gasteiger partial charge in [-0.15, -0.1) is 0 Å². The fourth-order valence-electron chi connectivity index (χ4n) is 4.00. The first-order valence-corrected chi connectivity index (χ1v) is 9.34. The first-order valence-electron chi connectivity index (χ1n) is 9.34. The summed E-state index contributed by atoms with van der Waals surface area (Å²) in [6.45, 7) is 1.95. The van der Waals surface area contributed by atoms with E-state index < -0.39 is 11.9 Å². The number of carbonyl (C=O) groups is 3. The van der Waals surface area contributed by atoms with Crippen LogP contribution in [0.15, 0.2) is 0 Å². The standard InChI is InChI=1S/C18H28N2O4/c21-16(19-10-12-6-7-12)15-5-2-8-20(11-15)17(22)13-3-1-4-14(9-13)18(23)24/h12-15H,1-11H2,(H,19,21)(H,23,24). The molecular weight excluding hydrogens is 308 g/mol. The van der Waals surface area contributed by atoms with Crippen molar-refractivity contribution in [2.24, 2.45) is 23.7 Å². The average molecular weight is 336 g/mol. The Bertz CT molecular complexity index is 503. The summed E-state index contributed by atoms with van der Waals surface area (Å²) in [7, 11) is 0. The summed E-state index contributed by atoms with van der Waals surface area (Å²) in [6.07, 6.45) is 6.80. The van der Waals surface area contributed by atoms with Crippen LogP contribution < -0.4 is 5.32 Å². The SMILES string of the molecule is O=C(O)C1CCCC(C(=O)N2CCCC(C(=O)NCC3CC3)C2)C1. The lowest BCUT2D eigenvalue weighted by atomic mass is 9.80. The van der Waals surface area contributed by atoms with E-state index in [1.165, 1.54) is 12.8 Å². The van der Waals surface area contributed by atoms with Crippen LogP contribution in [-0.2, 0) is 14.4 Å². The second kappa shape index (κ2) is 7.53. The molecule has 3 aliphatic rings. The molecular formula is C18H28N2O4. The van der Waals surface area contributed by atoms with Gasteiger partial charge in [-0.05, 0) is 50.9 Å². The number of rotatable bonds is 5. The van der Waals surface area contributed by atoms with Crippen molar-refractivity contribution in [1.29, 1.82) is 0 Å². The van der Waals surface area contributed by atoms with Gasteiger partial charge in [-0.1, -0.05) is 6.42 Å². The average Bonchev–Trinajstić information content (AvgIpc) is 3.43. The number of nitrogens with one attached hydrogen (secondary N) is 1. The number of aliphatic carboxylic acids is 1. The molecule has 2 amide bonds. The van der Waals surface area contributed by atoms with Gasteiger partial charge in [0.2, 0.25) is 11.8 Å².